The molecule has 13 heavy (non-hydrogen) atoms. The molecule has 0 saturated carbocycles. The largest absolute Gasteiger partial charge is 0.445 e. The summed E-state index contributed by atoms with van der Waals surface area (Å²) in [5, 5.41) is -0.217. The van der Waals surface area contributed by atoms with Crippen LogP contribution >= 0.6 is 0 Å². The molecule has 2 rings (SSSR count). The number of cyclic esters (lactones) is 1. The molecule has 1 heterocycles. The summed E-state index contributed by atoms with van der Waals surface area (Å²) < 4.78 is 30.0. The molecule has 1 aromatic rings. The molecule has 0 aliphatic carbocycles. The number of amides is 1. The van der Waals surface area contributed by atoms with Gasteiger partial charge in [0.05, 0.1) is 11.3 Å². The monoisotopic (exact) mass is 185 g/mol. The van der Waals surface area contributed by atoms with Crippen molar-refractivity contribution in [1.82, 2.24) is 0 Å². The van der Waals surface area contributed by atoms with Gasteiger partial charge < -0.3 is 4.74 Å². The first-order valence-corrected chi connectivity index (χ1v) is 3.59. The van der Waals surface area contributed by atoms with Crippen LogP contribution in [0.4, 0.5) is 19.4 Å². The van der Waals surface area contributed by atoms with E-state index >= 15 is 0 Å². The Kier molecular flexibility index (Phi) is 1.65. The fraction of sp³-hybridized carbons (Fsp3) is 0.125. The van der Waals surface area contributed by atoms with Gasteiger partial charge in [0.25, 0.3) is 6.36 Å². The Bertz CT molecular complexity index is 356. The van der Waals surface area contributed by atoms with Crippen LogP contribution < -0.4 is 5.12 Å². The van der Waals surface area contributed by atoms with Crippen LogP contribution in [0.25, 0.3) is 0 Å². The molecule has 0 radical (unpaired) electrons. The third kappa shape index (κ3) is 1.12. The first-order valence-electron chi connectivity index (χ1n) is 3.59. The minimum Gasteiger partial charge on any atom is -0.408 e. The van der Waals surface area contributed by atoms with E-state index in [1.807, 2.05) is 0 Å². The summed E-state index contributed by atoms with van der Waals surface area (Å²) in [6, 6.07) is 5.72. The van der Waals surface area contributed by atoms with E-state index in [-0.39, 0.29) is 16.4 Å². The number of para-hydroxylation sites is 1. The molecular formula is C8H5F2NO2. The fourth-order valence-corrected chi connectivity index (χ4v) is 1.15. The van der Waals surface area contributed by atoms with E-state index in [0.29, 0.717) is 0 Å². The predicted molar refractivity (Wildman–Crippen MR) is 40.4 cm³/mol. The van der Waals surface area contributed by atoms with Crippen molar-refractivity contribution in [3.05, 3.63) is 29.8 Å². The summed E-state index contributed by atoms with van der Waals surface area (Å²) in [5.41, 5.74) is -0.0872. The number of nitrogens with zero attached hydrogens (tertiary/aromatic N) is 1. The second kappa shape index (κ2) is 2.69. The number of anilines is 1. The highest BCUT2D eigenvalue weighted by Crippen LogP contribution is 2.35. The molecule has 5 heteroatoms. The number of fused-ring (bicyclic) bond motifs is 1. The van der Waals surface area contributed by atoms with Crippen LogP contribution in [0, 0.1) is 0 Å². The minimum absolute atomic E-state index is 0.0181. The summed E-state index contributed by atoms with van der Waals surface area (Å²) in [5.74, 6) is 0. The standard InChI is InChI=1S/C8H5F2NO2/c9-7-5-3-1-2-4-6(5)11(10)8(12)13-7/h1-4,7H. The lowest BCUT2D eigenvalue weighted by Crippen LogP contribution is -2.29. The Labute approximate surface area is 72.5 Å². The van der Waals surface area contributed by atoms with Gasteiger partial charge in [-0.2, -0.15) is 4.39 Å². The Morgan fingerprint density at radius 3 is 2.85 bits per heavy atom. The number of halogens is 2. The van der Waals surface area contributed by atoms with Gasteiger partial charge in [-0.25, -0.2) is 4.79 Å². The molecule has 0 bridgehead atoms. The topological polar surface area (TPSA) is 29.5 Å². The first kappa shape index (κ1) is 7.97. The van der Waals surface area contributed by atoms with Crippen LogP contribution in [-0.2, 0) is 4.74 Å². The first-order chi connectivity index (χ1) is 6.20. The number of carbonyl (C=O) groups excluding carboxylic acids is 1. The number of alkyl halides is 1. The lowest BCUT2D eigenvalue weighted by molar-refractivity contribution is 0.00368. The Balaban J connectivity index is 2.53. The molecule has 1 aliphatic heterocycles. The minimum atomic E-state index is -1.88. The summed E-state index contributed by atoms with van der Waals surface area (Å²) >= 11 is 0. The van der Waals surface area contributed by atoms with Crippen LogP contribution in [0.15, 0.2) is 24.3 Å². The zero-order valence-corrected chi connectivity index (χ0v) is 6.41. The van der Waals surface area contributed by atoms with Gasteiger partial charge in [-0.05, 0) is 6.07 Å². The molecule has 1 amide bonds. The lowest BCUT2D eigenvalue weighted by atomic mass is 10.1. The van der Waals surface area contributed by atoms with Crippen molar-refractivity contribution in [1.29, 1.82) is 0 Å². The van der Waals surface area contributed by atoms with E-state index in [1.165, 1.54) is 18.2 Å². The molecular weight excluding hydrogens is 180 g/mol. The number of ether oxygens (including phenoxy) is 1. The number of hydrogen-bond acceptors (Lipinski definition) is 2. The third-order valence-corrected chi connectivity index (χ3v) is 1.76. The maximum Gasteiger partial charge on any atom is 0.445 e. The smallest absolute Gasteiger partial charge is 0.408 e. The van der Waals surface area contributed by atoms with Crippen LogP contribution in [0.2, 0.25) is 0 Å². The highest BCUT2D eigenvalue weighted by Gasteiger charge is 2.32. The highest BCUT2D eigenvalue weighted by molar-refractivity contribution is 5.88. The van der Waals surface area contributed by atoms with Crippen LogP contribution in [0.3, 0.4) is 0 Å². The van der Waals surface area contributed by atoms with Crippen molar-refractivity contribution in [2.45, 2.75) is 6.36 Å². The average molecular weight is 185 g/mol. The van der Waals surface area contributed by atoms with E-state index in [2.05, 4.69) is 4.74 Å². The summed E-state index contributed by atoms with van der Waals surface area (Å²) in [6.07, 6.45) is -3.21. The van der Waals surface area contributed by atoms with E-state index in [4.69, 9.17) is 0 Å². The molecule has 1 aromatic carbocycles. The average Bonchev–Trinajstić information content (AvgIpc) is 2.15. The van der Waals surface area contributed by atoms with Crippen LogP contribution in [0.5, 0.6) is 0 Å². The number of hydrogen-bond donors (Lipinski definition) is 0. The maximum absolute atomic E-state index is 13.0. The van der Waals surface area contributed by atoms with Crippen molar-refractivity contribution in [2.75, 3.05) is 5.12 Å². The van der Waals surface area contributed by atoms with Crippen molar-refractivity contribution in [2.24, 2.45) is 0 Å². The van der Waals surface area contributed by atoms with Gasteiger partial charge in [0.15, 0.2) is 0 Å². The van der Waals surface area contributed by atoms with Crippen molar-refractivity contribution in [3.8, 4) is 0 Å². The second-order valence-corrected chi connectivity index (χ2v) is 2.54. The van der Waals surface area contributed by atoms with E-state index in [1.54, 1.807) is 6.07 Å². The Morgan fingerprint density at radius 2 is 2.08 bits per heavy atom. The molecule has 3 nitrogen and oxygen atoms in total. The molecule has 0 spiro atoms. The summed E-state index contributed by atoms with van der Waals surface area (Å²) in [7, 11) is 0. The predicted octanol–water partition coefficient (Wildman–Crippen LogP) is 2.50. The molecule has 0 saturated heterocycles. The molecule has 0 N–H and O–H groups in total. The van der Waals surface area contributed by atoms with Crippen molar-refractivity contribution in [3.63, 3.8) is 0 Å². The Hall–Kier alpha value is -1.65. The molecule has 1 aliphatic rings. The second-order valence-electron chi connectivity index (χ2n) is 2.54. The molecule has 0 aromatic heterocycles. The van der Waals surface area contributed by atoms with Gasteiger partial charge >= 0.3 is 6.09 Å². The SMILES string of the molecule is O=C1OC(F)c2ccccc2N1F. The summed E-state index contributed by atoms with van der Waals surface area (Å²) in [4.78, 5) is 10.7. The van der Waals surface area contributed by atoms with Gasteiger partial charge in [-0.3, -0.25) is 0 Å². The van der Waals surface area contributed by atoms with Gasteiger partial charge in [-0.1, -0.05) is 22.7 Å². The maximum atomic E-state index is 13.0. The van der Waals surface area contributed by atoms with Gasteiger partial charge in [0, 0.05) is 0 Å². The van der Waals surface area contributed by atoms with E-state index in [0.717, 1.165) is 0 Å². The number of rotatable bonds is 0. The quantitative estimate of drug-likeness (QED) is 0.581. The van der Waals surface area contributed by atoms with E-state index in [9.17, 15) is 13.7 Å². The zero-order chi connectivity index (χ0) is 9.42. The van der Waals surface area contributed by atoms with Crippen LogP contribution in [-0.4, -0.2) is 6.09 Å². The summed E-state index contributed by atoms with van der Waals surface area (Å²) in [6.45, 7) is 0. The number of carbonyl (C=O) groups is 1. The van der Waals surface area contributed by atoms with Crippen molar-refractivity contribution >= 4 is 11.8 Å². The van der Waals surface area contributed by atoms with Gasteiger partial charge in [0.2, 0.25) is 0 Å². The highest BCUT2D eigenvalue weighted by atomic mass is 19.2. The third-order valence-electron chi connectivity index (χ3n) is 1.76. The van der Waals surface area contributed by atoms with Gasteiger partial charge in [0.1, 0.15) is 0 Å². The normalized spacial score (nSPS) is 20.9. The number of benzene rings is 1. The molecule has 1 atom stereocenters. The molecule has 0 fully saturated rings. The van der Waals surface area contributed by atoms with Crippen molar-refractivity contribution < 1.29 is 18.4 Å². The lowest BCUT2D eigenvalue weighted by Gasteiger charge is -2.23. The van der Waals surface area contributed by atoms with Crippen LogP contribution in [0.1, 0.15) is 11.9 Å². The fourth-order valence-electron chi connectivity index (χ4n) is 1.15. The van der Waals surface area contributed by atoms with Gasteiger partial charge in [-0.15, -0.1) is 5.12 Å². The molecule has 1 unspecified atom stereocenters. The Morgan fingerprint density at radius 1 is 1.38 bits per heavy atom. The van der Waals surface area contributed by atoms with E-state index < -0.39 is 12.5 Å². The zero-order valence-electron chi connectivity index (χ0n) is 6.41. The molecule has 68 valence electrons.